The van der Waals surface area contributed by atoms with Crippen LogP contribution >= 0.6 is 11.9 Å². The van der Waals surface area contributed by atoms with Gasteiger partial charge in [0.2, 0.25) is 0 Å². The molecule has 0 aliphatic heterocycles. The second-order valence-corrected chi connectivity index (χ2v) is 8.19. The van der Waals surface area contributed by atoms with Crippen molar-refractivity contribution in [2.75, 3.05) is 15.8 Å². The van der Waals surface area contributed by atoms with Gasteiger partial charge in [-0.15, -0.1) is 0 Å². The second-order valence-electron chi connectivity index (χ2n) is 7.12. The first-order valence-corrected chi connectivity index (χ1v) is 10.8. The molecule has 0 spiro atoms. The number of aromatic nitrogens is 2. The van der Waals surface area contributed by atoms with Crippen molar-refractivity contribution in [3.05, 3.63) is 80.9 Å². The first-order valence-electron chi connectivity index (χ1n) is 9.81. The van der Waals surface area contributed by atoms with Crippen molar-refractivity contribution in [2.45, 2.75) is 27.3 Å². The molecule has 0 atom stereocenters. The predicted molar refractivity (Wildman–Crippen MR) is 123 cm³/mol. The number of nitrogens with one attached hydrogen (secondary N) is 2. The minimum Gasteiger partial charge on any atom is -0.365 e. The van der Waals surface area contributed by atoms with E-state index in [0.717, 1.165) is 5.56 Å². The summed E-state index contributed by atoms with van der Waals surface area (Å²) in [6.07, 6.45) is 2.68. The third kappa shape index (κ3) is 4.91. The molecule has 0 radical (unpaired) electrons. The Balaban J connectivity index is 2.03. The molecule has 0 saturated heterocycles. The summed E-state index contributed by atoms with van der Waals surface area (Å²) >= 11 is 1.29. The van der Waals surface area contributed by atoms with Crippen LogP contribution in [-0.4, -0.2) is 21.2 Å². The molecular formula is C22H23F2N5O2S. The van der Waals surface area contributed by atoms with Crippen LogP contribution in [0.3, 0.4) is 0 Å². The van der Waals surface area contributed by atoms with Crippen molar-refractivity contribution in [3.8, 4) is 0 Å². The zero-order chi connectivity index (χ0) is 23.4. The number of hydrogen-bond donors (Lipinski definition) is 3. The molecule has 2 aromatic heterocycles. The fraction of sp³-hybridized carbons (Fsp3) is 0.227. The van der Waals surface area contributed by atoms with Gasteiger partial charge in [0.25, 0.3) is 11.5 Å². The van der Waals surface area contributed by atoms with Crippen molar-refractivity contribution < 1.29 is 13.6 Å². The Kier molecular flexibility index (Phi) is 7.14. The number of hydrogen-bond acceptors (Lipinski definition) is 6. The third-order valence-electron chi connectivity index (χ3n) is 4.78. The van der Waals surface area contributed by atoms with E-state index < -0.39 is 23.1 Å². The highest BCUT2D eigenvalue weighted by molar-refractivity contribution is 8.00. The molecule has 10 heteroatoms. The zero-order valence-electron chi connectivity index (χ0n) is 17.8. The largest absolute Gasteiger partial charge is 0.365 e. The Morgan fingerprint density at radius 1 is 1.25 bits per heavy atom. The maximum absolute atomic E-state index is 14.8. The number of amides is 1. The Morgan fingerprint density at radius 3 is 2.66 bits per heavy atom. The molecule has 168 valence electrons. The maximum Gasteiger partial charge on any atom is 0.255 e. The van der Waals surface area contributed by atoms with Crippen LogP contribution in [0.1, 0.15) is 34.0 Å². The highest BCUT2D eigenvalue weighted by atomic mass is 32.2. The molecule has 2 heterocycles. The summed E-state index contributed by atoms with van der Waals surface area (Å²) in [5.74, 6) is -1.17. The highest BCUT2D eigenvalue weighted by Gasteiger charge is 2.19. The number of primary amides is 1. The number of rotatable bonds is 8. The average molecular weight is 460 g/mol. The van der Waals surface area contributed by atoms with Gasteiger partial charge in [-0.05, 0) is 37.6 Å². The minimum absolute atomic E-state index is 0.0172. The van der Waals surface area contributed by atoms with Crippen LogP contribution < -0.4 is 21.3 Å². The van der Waals surface area contributed by atoms with Crippen LogP contribution in [-0.2, 0) is 6.54 Å². The standard InChI is InChI=1S/C22H23F2N5O2S/c1-4-32-28-21-18(24)14(7-8-26-21)10-29-11-15(20(25)30)19(13(3)22(29)31)27-17-6-5-12(2)9-16(17)23/h5-9,11,27H,4,10H2,1-3H3,(H2,25,30)(H,26,28). The number of aryl methyl sites for hydroxylation is 1. The predicted octanol–water partition coefficient (Wildman–Crippen LogP) is 4.11. The van der Waals surface area contributed by atoms with E-state index in [9.17, 15) is 18.4 Å². The van der Waals surface area contributed by atoms with Crippen molar-refractivity contribution in [3.63, 3.8) is 0 Å². The summed E-state index contributed by atoms with van der Waals surface area (Å²) < 4.78 is 33.1. The number of carbonyl (C=O) groups is 1. The number of anilines is 3. The minimum atomic E-state index is -0.811. The van der Waals surface area contributed by atoms with Crippen molar-refractivity contribution in [1.29, 1.82) is 0 Å². The highest BCUT2D eigenvalue weighted by Crippen LogP contribution is 2.26. The summed E-state index contributed by atoms with van der Waals surface area (Å²) in [5, 5.41) is 2.81. The third-order valence-corrected chi connectivity index (χ3v) is 5.41. The molecule has 0 unspecified atom stereocenters. The van der Waals surface area contributed by atoms with E-state index in [1.165, 1.54) is 54.0 Å². The fourth-order valence-corrected chi connectivity index (χ4v) is 3.55. The maximum atomic E-state index is 14.8. The van der Waals surface area contributed by atoms with Gasteiger partial charge in [-0.2, -0.15) is 0 Å². The first kappa shape index (κ1) is 23.3. The molecule has 0 aliphatic rings. The monoisotopic (exact) mass is 459 g/mol. The first-order chi connectivity index (χ1) is 15.2. The van der Waals surface area contributed by atoms with Gasteiger partial charge in [-0.3, -0.25) is 9.59 Å². The molecule has 3 rings (SSSR count). The molecule has 0 aliphatic carbocycles. The van der Waals surface area contributed by atoms with Crippen LogP contribution in [0.25, 0.3) is 0 Å². The van der Waals surface area contributed by atoms with E-state index in [2.05, 4.69) is 15.0 Å². The molecule has 0 fully saturated rings. The fourth-order valence-electron chi connectivity index (χ4n) is 3.13. The van der Waals surface area contributed by atoms with Gasteiger partial charge < -0.3 is 20.3 Å². The summed E-state index contributed by atoms with van der Waals surface area (Å²) in [5.41, 5.74) is 6.34. The van der Waals surface area contributed by atoms with Gasteiger partial charge in [0.15, 0.2) is 11.6 Å². The van der Waals surface area contributed by atoms with Gasteiger partial charge in [-0.1, -0.05) is 24.9 Å². The van der Waals surface area contributed by atoms with Crippen LogP contribution in [0.2, 0.25) is 0 Å². The number of benzene rings is 1. The molecular weight excluding hydrogens is 436 g/mol. The van der Waals surface area contributed by atoms with E-state index in [1.54, 1.807) is 13.0 Å². The number of carbonyl (C=O) groups excluding carboxylic acids is 1. The average Bonchev–Trinajstić information content (AvgIpc) is 2.75. The molecule has 3 aromatic rings. The number of nitrogens with zero attached hydrogens (tertiary/aromatic N) is 2. The lowest BCUT2D eigenvalue weighted by atomic mass is 10.1. The zero-order valence-corrected chi connectivity index (χ0v) is 18.6. The molecule has 32 heavy (non-hydrogen) atoms. The molecule has 0 saturated carbocycles. The van der Waals surface area contributed by atoms with Gasteiger partial charge in [0, 0.05) is 29.3 Å². The topological polar surface area (TPSA) is 102 Å². The number of nitrogens with two attached hydrogens (primary N) is 1. The van der Waals surface area contributed by atoms with Crippen LogP contribution in [0.4, 0.5) is 26.0 Å². The normalized spacial score (nSPS) is 10.8. The smallest absolute Gasteiger partial charge is 0.255 e. The van der Waals surface area contributed by atoms with Crippen molar-refractivity contribution in [2.24, 2.45) is 5.73 Å². The van der Waals surface area contributed by atoms with E-state index in [1.807, 2.05) is 6.92 Å². The lowest BCUT2D eigenvalue weighted by Gasteiger charge is -2.17. The van der Waals surface area contributed by atoms with E-state index >= 15 is 0 Å². The van der Waals surface area contributed by atoms with Gasteiger partial charge >= 0.3 is 0 Å². The summed E-state index contributed by atoms with van der Waals surface area (Å²) in [4.78, 5) is 29.1. The summed E-state index contributed by atoms with van der Waals surface area (Å²) in [6.45, 7) is 5.01. The van der Waals surface area contributed by atoms with Crippen LogP contribution in [0, 0.1) is 25.5 Å². The molecule has 7 nitrogen and oxygen atoms in total. The number of pyridine rings is 2. The molecule has 4 N–H and O–H groups in total. The van der Waals surface area contributed by atoms with Gasteiger partial charge in [0.05, 0.1) is 23.5 Å². The van der Waals surface area contributed by atoms with Crippen LogP contribution in [0.5, 0.6) is 0 Å². The lowest BCUT2D eigenvalue weighted by molar-refractivity contribution is 0.1000. The van der Waals surface area contributed by atoms with E-state index in [-0.39, 0.29) is 40.4 Å². The van der Waals surface area contributed by atoms with E-state index in [4.69, 9.17) is 5.73 Å². The van der Waals surface area contributed by atoms with E-state index in [0.29, 0.717) is 5.75 Å². The molecule has 1 amide bonds. The Morgan fingerprint density at radius 2 is 2.00 bits per heavy atom. The Labute approximate surface area is 188 Å². The summed E-state index contributed by atoms with van der Waals surface area (Å²) in [6, 6.07) is 5.99. The number of halogens is 2. The second kappa shape index (κ2) is 9.82. The SMILES string of the molecule is CCSNc1nccc(Cn2cc(C(N)=O)c(Nc3ccc(C)cc3F)c(C)c2=O)c1F. The molecule has 0 bridgehead atoms. The molecule has 1 aromatic carbocycles. The van der Waals surface area contributed by atoms with Crippen molar-refractivity contribution in [1.82, 2.24) is 9.55 Å². The van der Waals surface area contributed by atoms with Gasteiger partial charge in [-0.25, -0.2) is 13.8 Å². The lowest BCUT2D eigenvalue weighted by Crippen LogP contribution is -2.28. The Bertz CT molecular complexity index is 1230. The summed E-state index contributed by atoms with van der Waals surface area (Å²) in [7, 11) is 0. The quantitative estimate of drug-likeness (QED) is 0.438. The van der Waals surface area contributed by atoms with Gasteiger partial charge in [0.1, 0.15) is 5.82 Å². The van der Waals surface area contributed by atoms with Crippen LogP contribution in [0.15, 0.2) is 41.5 Å². The van der Waals surface area contributed by atoms with Crippen molar-refractivity contribution >= 4 is 35.0 Å². The Hall–Kier alpha value is -3.40.